The Hall–Kier alpha value is -3.79. The van der Waals surface area contributed by atoms with Crippen LogP contribution in [-0.4, -0.2) is 29.0 Å². The number of nitrogens with one attached hydrogen (secondary N) is 3. The van der Waals surface area contributed by atoms with Crippen molar-refractivity contribution in [1.29, 1.82) is 0 Å². The lowest BCUT2D eigenvalue weighted by Gasteiger charge is -2.09. The van der Waals surface area contributed by atoms with Crippen LogP contribution in [0, 0.1) is 10.1 Å². The number of hydrogen-bond donors (Lipinski definition) is 3. The lowest BCUT2D eigenvalue weighted by Crippen LogP contribution is -2.48. The van der Waals surface area contributed by atoms with E-state index in [9.17, 15) is 19.7 Å². The first-order chi connectivity index (χ1) is 13.4. The Labute approximate surface area is 165 Å². The van der Waals surface area contributed by atoms with E-state index >= 15 is 0 Å². The summed E-state index contributed by atoms with van der Waals surface area (Å²) in [4.78, 5) is 34.2. The minimum atomic E-state index is -0.766. The highest BCUT2D eigenvalue weighted by Gasteiger charge is 2.19. The van der Waals surface area contributed by atoms with Crippen molar-refractivity contribution < 1.29 is 19.2 Å². The molecule has 0 aromatic heterocycles. The quantitative estimate of drug-likeness (QED) is 0.303. The average Bonchev–Trinajstić information content (AvgIpc) is 2.70. The second kappa shape index (κ2) is 9.78. The van der Waals surface area contributed by atoms with Crippen molar-refractivity contribution >= 4 is 40.9 Å². The largest absolute Gasteiger partial charge is 0.497 e. The average molecular weight is 400 g/mol. The first kappa shape index (κ1) is 20.5. The lowest BCUT2D eigenvalue weighted by atomic mass is 10.2. The zero-order valence-corrected chi connectivity index (χ0v) is 15.5. The number of methoxy groups -OCH3 is 1. The molecule has 0 aliphatic carbocycles. The summed E-state index contributed by atoms with van der Waals surface area (Å²) in [5, 5.41) is 13.1. The molecule has 2 aromatic rings. The summed E-state index contributed by atoms with van der Waals surface area (Å²) in [6, 6.07) is 12.5. The number of thiocarbonyl (C=S) groups is 1. The maximum absolute atomic E-state index is 12.0. The third-order valence-electron chi connectivity index (χ3n) is 3.41. The van der Waals surface area contributed by atoms with E-state index in [4.69, 9.17) is 17.0 Å². The van der Waals surface area contributed by atoms with E-state index in [1.165, 1.54) is 30.3 Å². The number of ether oxygens (including phenoxy) is 1. The predicted octanol–water partition coefficient (Wildman–Crippen LogP) is 1.95. The van der Waals surface area contributed by atoms with Crippen LogP contribution in [0.3, 0.4) is 0 Å². The third kappa shape index (κ3) is 5.88. The molecular formula is C18H16N4O5S. The topological polar surface area (TPSA) is 123 Å². The first-order valence-electron chi connectivity index (χ1n) is 7.87. The van der Waals surface area contributed by atoms with Crippen LogP contribution < -0.4 is 20.9 Å². The Morgan fingerprint density at radius 2 is 1.79 bits per heavy atom. The monoisotopic (exact) mass is 400 g/mol. The minimum Gasteiger partial charge on any atom is -0.497 e. The first-order valence-corrected chi connectivity index (χ1v) is 8.28. The second-order valence-electron chi connectivity index (χ2n) is 5.28. The predicted molar refractivity (Wildman–Crippen MR) is 106 cm³/mol. The summed E-state index contributed by atoms with van der Waals surface area (Å²) in [5.41, 5.74) is 4.80. The van der Waals surface area contributed by atoms with Gasteiger partial charge in [0.1, 0.15) is 11.3 Å². The molecule has 0 bridgehead atoms. The van der Waals surface area contributed by atoms with Gasteiger partial charge in [-0.25, -0.2) is 0 Å². The molecule has 2 rings (SSSR count). The highest BCUT2D eigenvalue weighted by Crippen LogP contribution is 2.17. The second-order valence-corrected chi connectivity index (χ2v) is 5.69. The standard InChI is InChI=1S/C18H16N4O5S/c1-27-13-9-6-12(7-10-13)8-11-16(23)19-18(28)21-20-17(24)14-4-2-3-5-15(14)22(25)26/h2-11H,1H3,(H,20,24)(H2,19,21,23,28)/b11-8+. The van der Waals surface area contributed by atoms with Gasteiger partial charge in [0, 0.05) is 12.1 Å². The van der Waals surface area contributed by atoms with E-state index in [2.05, 4.69) is 16.2 Å². The van der Waals surface area contributed by atoms with Crippen molar-refractivity contribution in [3.63, 3.8) is 0 Å². The Bertz CT molecular complexity index is 928. The van der Waals surface area contributed by atoms with Gasteiger partial charge in [-0.2, -0.15) is 0 Å². The molecule has 0 atom stereocenters. The molecule has 3 N–H and O–H groups in total. The molecule has 9 nitrogen and oxygen atoms in total. The number of hydrogen-bond acceptors (Lipinski definition) is 6. The number of benzene rings is 2. The van der Waals surface area contributed by atoms with Gasteiger partial charge in [0.15, 0.2) is 5.11 Å². The normalized spacial score (nSPS) is 10.2. The number of carbonyl (C=O) groups is 2. The molecule has 2 aromatic carbocycles. The number of para-hydroxylation sites is 1. The number of amides is 2. The number of nitro benzene ring substituents is 1. The molecule has 2 amide bonds. The van der Waals surface area contributed by atoms with Crippen LogP contribution >= 0.6 is 12.2 Å². The van der Waals surface area contributed by atoms with Gasteiger partial charge in [0.2, 0.25) is 5.91 Å². The van der Waals surface area contributed by atoms with Gasteiger partial charge >= 0.3 is 0 Å². The minimum absolute atomic E-state index is 0.145. The van der Waals surface area contributed by atoms with E-state index < -0.39 is 16.7 Å². The van der Waals surface area contributed by atoms with Crippen LogP contribution in [0.4, 0.5) is 5.69 Å². The van der Waals surface area contributed by atoms with Gasteiger partial charge in [-0.1, -0.05) is 24.3 Å². The summed E-state index contributed by atoms with van der Waals surface area (Å²) < 4.78 is 5.05. The van der Waals surface area contributed by atoms with Crippen LogP contribution in [0.2, 0.25) is 0 Å². The molecule has 0 spiro atoms. The summed E-state index contributed by atoms with van der Waals surface area (Å²) in [6.07, 6.45) is 2.84. The number of rotatable bonds is 5. The van der Waals surface area contributed by atoms with Gasteiger partial charge in [0.25, 0.3) is 11.6 Å². The number of nitro groups is 1. The summed E-state index contributed by atoms with van der Waals surface area (Å²) >= 11 is 4.90. The Morgan fingerprint density at radius 3 is 2.43 bits per heavy atom. The van der Waals surface area contributed by atoms with Crippen LogP contribution in [0.5, 0.6) is 5.75 Å². The number of carbonyl (C=O) groups excluding carboxylic acids is 2. The molecule has 0 unspecified atom stereocenters. The fourth-order valence-electron chi connectivity index (χ4n) is 2.08. The SMILES string of the molecule is COc1ccc(/C=C/C(=O)NC(=S)NNC(=O)c2ccccc2[N+](=O)[O-])cc1. The Balaban J connectivity index is 1.86. The molecule has 10 heteroatoms. The summed E-state index contributed by atoms with van der Waals surface area (Å²) in [6.45, 7) is 0. The fraction of sp³-hybridized carbons (Fsp3) is 0.0556. The molecule has 0 saturated heterocycles. The van der Waals surface area contributed by atoms with Gasteiger partial charge in [-0.05, 0) is 42.1 Å². The van der Waals surface area contributed by atoms with Crippen molar-refractivity contribution in [3.05, 3.63) is 75.8 Å². The Morgan fingerprint density at radius 1 is 1.11 bits per heavy atom. The van der Waals surface area contributed by atoms with E-state index in [-0.39, 0.29) is 16.4 Å². The van der Waals surface area contributed by atoms with Crippen LogP contribution in [0.25, 0.3) is 6.08 Å². The molecule has 0 fully saturated rings. The molecule has 0 aliphatic heterocycles. The third-order valence-corrected chi connectivity index (χ3v) is 3.62. The molecule has 0 heterocycles. The highest BCUT2D eigenvalue weighted by atomic mass is 32.1. The molecule has 0 radical (unpaired) electrons. The van der Waals surface area contributed by atoms with Crippen LogP contribution in [-0.2, 0) is 4.79 Å². The van der Waals surface area contributed by atoms with Crippen LogP contribution in [0.1, 0.15) is 15.9 Å². The van der Waals surface area contributed by atoms with Crippen molar-refractivity contribution in [1.82, 2.24) is 16.2 Å². The highest BCUT2D eigenvalue weighted by molar-refractivity contribution is 7.80. The zero-order valence-electron chi connectivity index (χ0n) is 14.7. The lowest BCUT2D eigenvalue weighted by molar-refractivity contribution is -0.385. The maximum atomic E-state index is 12.0. The van der Waals surface area contributed by atoms with Crippen molar-refractivity contribution in [3.8, 4) is 5.75 Å². The van der Waals surface area contributed by atoms with Gasteiger partial charge < -0.3 is 4.74 Å². The van der Waals surface area contributed by atoms with Gasteiger partial charge in [-0.15, -0.1) is 0 Å². The van der Waals surface area contributed by atoms with Crippen molar-refractivity contribution in [2.75, 3.05) is 7.11 Å². The van der Waals surface area contributed by atoms with Crippen molar-refractivity contribution in [2.24, 2.45) is 0 Å². The maximum Gasteiger partial charge on any atom is 0.282 e. The molecular weight excluding hydrogens is 384 g/mol. The van der Waals surface area contributed by atoms with Gasteiger partial charge in [0.05, 0.1) is 12.0 Å². The van der Waals surface area contributed by atoms with Crippen molar-refractivity contribution in [2.45, 2.75) is 0 Å². The van der Waals surface area contributed by atoms with E-state index in [1.54, 1.807) is 37.5 Å². The molecule has 0 aliphatic rings. The molecule has 144 valence electrons. The summed E-state index contributed by atoms with van der Waals surface area (Å²) in [5.74, 6) is -0.590. The van der Waals surface area contributed by atoms with E-state index in [1.807, 2.05) is 0 Å². The van der Waals surface area contributed by atoms with Gasteiger partial charge in [-0.3, -0.25) is 35.9 Å². The molecule has 0 saturated carbocycles. The van der Waals surface area contributed by atoms with E-state index in [0.717, 1.165) is 5.56 Å². The zero-order chi connectivity index (χ0) is 20.5. The number of nitrogens with zero attached hydrogens (tertiary/aromatic N) is 1. The smallest absolute Gasteiger partial charge is 0.282 e. The number of hydrazine groups is 1. The Kier molecular flexibility index (Phi) is 7.17. The fourth-order valence-corrected chi connectivity index (χ4v) is 2.23. The summed E-state index contributed by atoms with van der Waals surface area (Å²) in [7, 11) is 1.56. The molecule has 28 heavy (non-hydrogen) atoms. The van der Waals surface area contributed by atoms with E-state index in [0.29, 0.717) is 5.75 Å². The van der Waals surface area contributed by atoms with Crippen LogP contribution in [0.15, 0.2) is 54.6 Å².